The van der Waals surface area contributed by atoms with Crippen LogP contribution in [0.15, 0.2) is 30.6 Å². The van der Waals surface area contributed by atoms with Gasteiger partial charge in [0.15, 0.2) is 0 Å². The van der Waals surface area contributed by atoms with Gasteiger partial charge in [-0.05, 0) is 12.1 Å². The first-order valence-electron chi connectivity index (χ1n) is 4.08. The molecule has 72 valence electrons. The van der Waals surface area contributed by atoms with Gasteiger partial charge in [0, 0.05) is 18.5 Å². The summed E-state index contributed by atoms with van der Waals surface area (Å²) < 4.78 is 28.9. The van der Waals surface area contributed by atoms with Crippen molar-refractivity contribution in [2.45, 2.75) is 0 Å². The topological polar surface area (TPSA) is 8.81 Å². The average Bonchev–Trinajstić information content (AvgIpc) is 2.50. The molecule has 1 aromatic carbocycles. The van der Waals surface area contributed by atoms with Crippen molar-refractivity contribution in [3.8, 4) is 5.69 Å². The van der Waals surface area contributed by atoms with E-state index in [0.717, 1.165) is 6.07 Å². The van der Waals surface area contributed by atoms with Gasteiger partial charge in [-0.3, -0.25) is 0 Å². The SMILES string of the molecule is C[n+]1[c-]n(-c2cc(F)cc(F)c2)cc1. The molecule has 0 saturated carbocycles. The normalized spacial score (nSPS) is 10.5. The minimum atomic E-state index is -0.593. The van der Waals surface area contributed by atoms with Gasteiger partial charge in [0.1, 0.15) is 11.6 Å². The number of hydrogen-bond acceptors (Lipinski definition) is 0. The molecule has 0 aliphatic heterocycles. The highest BCUT2D eigenvalue weighted by Crippen LogP contribution is 2.11. The number of imidazole rings is 1. The van der Waals surface area contributed by atoms with Crippen molar-refractivity contribution in [2.24, 2.45) is 7.05 Å². The van der Waals surface area contributed by atoms with Gasteiger partial charge >= 0.3 is 0 Å². The second-order valence-corrected chi connectivity index (χ2v) is 3.01. The highest BCUT2D eigenvalue weighted by Gasteiger charge is 2.01. The van der Waals surface area contributed by atoms with Gasteiger partial charge in [-0.1, -0.05) is 0 Å². The first-order chi connectivity index (χ1) is 6.65. The zero-order chi connectivity index (χ0) is 10.1. The average molecular weight is 194 g/mol. The quantitative estimate of drug-likeness (QED) is 0.479. The minimum Gasteiger partial charge on any atom is -0.326 e. The molecule has 2 nitrogen and oxygen atoms in total. The second kappa shape index (κ2) is 3.21. The van der Waals surface area contributed by atoms with Crippen molar-refractivity contribution in [2.75, 3.05) is 0 Å². The van der Waals surface area contributed by atoms with E-state index in [1.165, 1.54) is 16.7 Å². The lowest BCUT2D eigenvalue weighted by atomic mass is 10.3. The van der Waals surface area contributed by atoms with Gasteiger partial charge in [0.2, 0.25) is 6.33 Å². The maximum Gasteiger partial charge on any atom is 0.243 e. The third-order valence-electron chi connectivity index (χ3n) is 1.83. The van der Waals surface area contributed by atoms with E-state index in [1.54, 1.807) is 24.0 Å². The molecule has 2 aromatic rings. The van der Waals surface area contributed by atoms with Crippen LogP contribution in [0.25, 0.3) is 5.69 Å². The first-order valence-corrected chi connectivity index (χ1v) is 4.08. The highest BCUT2D eigenvalue weighted by atomic mass is 19.1. The van der Waals surface area contributed by atoms with E-state index in [1.807, 2.05) is 0 Å². The molecule has 0 aliphatic rings. The van der Waals surface area contributed by atoms with E-state index >= 15 is 0 Å². The fraction of sp³-hybridized carbons (Fsp3) is 0.100. The van der Waals surface area contributed by atoms with Crippen LogP contribution in [0.1, 0.15) is 0 Å². The zero-order valence-electron chi connectivity index (χ0n) is 7.54. The molecule has 0 atom stereocenters. The molecule has 0 N–H and O–H groups in total. The van der Waals surface area contributed by atoms with Gasteiger partial charge < -0.3 is 9.13 Å². The van der Waals surface area contributed by atoms with Crippen molar-refractivity contribution in [1.82, 2.24) is 4.57 Å². The number of aryl methyl sites for hydroxylation is 1. The Labute approximate surface area is 80.0 Å². The Morgan fingerprint density at radius 2 is 1.86 bits per heavy atom. The molecule has 0 amide bonds. The summed E-state index contributed by atoms with van der Waals surface area (Å²) >= 11 is 0. The molecule has 1 heterocycles. The Morgan fingerprint density at radius 1 is 1.21 bits per heavy atom. The van der Waals surface area contributed by atoms with Crippen LogP contribution in [0, 0.1) is 18.0 Å². The number of aromatic nitrogens is 2. The minimum absolute atomic E-state index is 0.420. The lowest BCUT2D eigenvalue weighted by molar-refractivity contribution is -0.674. The molecule has 2 rings (SSSR count). The first kappa shape index (κ1) is 8.87. The smallest absolute Gasteiger partial charge is 0.243 e. The predicted octanol–water partition coefficient (Wildman–Crippen LogP) is 1.38. The molecule has 0 unspecified atom stereocenters. The van der Waals surface area contributed by atoms with Gasteiger partial charge in [-0.15, -0.1) is 0 Å². The molecular weight excluding hydrogens is 186 g/mol. The standard InChI is InChI=1S/C10H8F2N2/c1-13-2-3-14(7-13)10-5-8(11)4-9(12)6-10/h2-6H,1H3. The largest absolute Gasteiger partial charge is 0.326 e. The summed E-state index contributed by atoms with van der Waals surface area (Å²) in [5.74, 6) is -1.19. The van der Waals surface area contributed by atoms with Crippen LogP contribution in [0.4, 0.5) is 8.78 Å². The highest BCUT2D eigenvalue weighted by molar-refractivity contribution is 5.31. The Morgan fingerprint density at radius 3 is 2.36 bits per heavy atom. The van der Waals surface area contributed by atoms with Crippen LogP contribution in [0.5, 0.6) is 0 Å². The monoisotopic (exact) mass is 194 g/mol. The molecule has 0 fully saturated rings. The molecule has 0 saturated heterocycles. The van der Waals surface area contributed by atoms with Gasteiger partial charge in [0.25, 0.3) is 0 Å². The van der Waals surface area contributed by atoms with E-state index in [9.17, 15) is 8.78 Å². The summed E-state index contributed by atoms with van der Waals surface area (Å²) in [6.45, 7) is 0. The van der Waals surface area contributed by atoms with Crippen LogP contribution in [-0.4, -0.2) is 4.57 Å². The summed E-state index contributed by atoms with van der Waals surface area (Å²) in [5, 5.41) is 0. The Hall–Kier alpha value is -1.71. The second-order valence-electron chi connectivity index (χ2n) is 3.01. The number of benzene rings is 1. The van der Waals surface area contributed by atoms with E-state index in [0.29, 0.717) is 5.69 Å². The van der Waals surface area contributed by atoms with Crippen LogP contribution in [0.2, 0.25) is 0 Å². The van der Waals surface area contributed by atoms with Gasteiger partial charge in [0.05, 0.1) is 12.7 Å². The fourth-order valence-corrected chi connectivity index (χ4v) is 1.23. The van der Waals surface area contributed by atoms with Gasteiger partial charge in [-0.2, -0.15) is 0 Å². The van der Waals surface area contributed by atoms with Crippen molar-refractivity contribution in [3.63, 3.8) is 0 Å². The molecule has 0 spiro atoms. The van der Waals surface area contributed by atoms with Crippen LogP contribution in [0.3, 0.4) is 0 Å². The molecule has 4 heteroatoms. The van der Waals surface area contributed by atoms with E-state index in [-0.39, 0.29) is 0 Å². The Bertz CT molecular complexity index is 443. The van der Waals surface area contributed by atoms with Crippen LogP contribution < -0.4 is 4.57 Å². The van der Waals surface area contributed by atoms with E-state index in [4.69, 9.17) is 0 Å². The fourth-order valence-electron chi connectivity index (χ4n) is 1.23. The number of hydrogen-bond donors (Lipinski definition) is 0. The number of nitrogens with zero attached hydrogens (tertiary/aromatic N) is 2. The lowest BCUT2D eigenvalue weighted by Crippen LogP contribution is -2.24. The van der Waals surface area contributed by atoms with Crippen LogP contribution in [-0.2, 0) is 7.05 Å². The van der Waals surface area contributed by atoms with Crippen molar-refractivity contribution < 1.29 is 13.3 Å². The Balaban J connectivity index is 2.51. The van der Waals surface area contributed by atoms with Crippen molar-refractivity contribution >= 4 is 0 Å². The lowest BCUT2D eigenvalue weighted by Gasteiger charge is -2.02. The zero-order valence-corrected chi connectivity index (χ0v) is 7.54. The summed E-state index contributed by atoms with van der Waals surface area (Å²) in [5.41, 5.74) is 0.420. The summed E-state index contributed by atoms with van der Waals surface area (Å²) in [6, 6.07) is 3.34. The predicted molar refractivity (Wildman–Crippen MR) is 45.7 cm³/mol. The van der Waals surface area contributed by atoms with E-state index in [2.05, 4.69) is 6.33 Å². The number of halogens is 2. The maximum absolute atomic E-state index is 12.8. The molecule has 1 aromatic heterocycles. The van der Waals surface area contributed by atoms with Crippen LogP contribution >= 0.6 is 0 Å². The summed E-state index contributed by atoms with van der Waals surface area (Å²) in [4.78, 5) is 0. The third kappa shape index (κ3) is 1.64. The van der Waals surface area contributed by atoms with Gasteiger partial charge in [-0.25, -0.2) is 8.78 Å². The molecule has 0 aliphatic carbocycles. The Kier molecular flexibility index (Phi) is 2.04. The summed E-state index contributed by atoms with van der Waals surface area (Å²) in [7, 11) is 1.78. The summed E-state index contributed by atoms with van der Waals surface area (Å²) in [6.07, 6.45) is 6.26. The molecule has 14 heavy (non-hydrogen) atoms. The maximum atomic E-state index is 12.8. The molecule has 0 radical (unpaired) electrons. The number of rotatable bonds is 1. The molecular formula is C10H8F2N2. The molecule has 0 bridgehead atoms. The third-order valence-corrected chi connectivity index (χ3v) is 1.83. The van der Waals surface area contributed by atoms with Crippen molar-refractivity contribution in [1.29, 1.82) is 0 Å². The van der Waals surface area contributed by atoms with Crippen molar-refractivity contribution in [3.05, 3.63) is 48.6 Å². The van der Waals surface area contributed by atoms with E-state index < -0.39 is 11.6 Å².